The van der Waals surface area contributed by atoms with Gasteiger partial charge in [0.05, 0.1) is 22.2 Å². The van der Waals surface area contributed by atoms with E-state index in [0.29, 0.717) is 15.9 Å². The van der Waals surface area contributed by atoms with E-state index in [2.05, 4.69) is 6.07 Å². The number of hydrogen-bond acceptors (Lipinski definition) is 4. The Morgan fingerprint density at radius 1 is 1.29 bits per heavy atom. The van der Waals surface area contributed by atoms with Gasteiger partial charge in [-0.05, 0) is 56.7 Å². The van der Waals surface area contributed by atoms with Crippen molar-refractivity contribution in [2.45, 2.75) is 51.2 Å². The molecule has 1 saturated carbocycles. The molecule has 0 saturated heterocycles. The second-order valence-corrected chi connectivity index (χ2v) is 9.26. The van der Waals surface area contributed by atoms with E-state index in [9.17, 15) is 14.7 Å². The third-order valence-electron chi connectivity index (χ3n) is 5.78. The molecule has 2 aromatic heterocycles. The maximum atomic E-state index is 12.8. The summed E-state index contributed by atoms with van der Waals surface area (Å²) < 4.78 is 2.02. The van der Waals surface area contributed by atoms with Crippen LogP contribution >= 0.6 is 22.9 Å². The van der Waals surface area contributed by atoms with E-state index in [0.717, 1.165) is 47.4 Å². The Bertz CT molecular complexity index is 1190. The Kier molecular flexibility index (Phi) is 4.23. The fourth-order valence-corrected chi connectivity index (χ4v) is 5.84. The number of ketones is 1. The van der Waals surface area contributed by atoms with Gasteiger partial charge in [0.1, 0.15) is 0 Å². The second-order valence-electron chi connectivity index (χ2n) is 7.80. The largest absolute Gasteiger partial charge is 0.388 e. The molecule has 1 N–H and O–H groups in total. The highest BCUT2D eigenvalue weighted by Gasteiger charge is 2.28. The van der Waals surface area contributed by atoms with Gasteiger partial charge in [-0.2, -0.15) is 0 Å². The molecular weight excluding hydrogens is 394 g/mol. The van der Waals surface area contributed by atoms with E-state index in [1.54, 1.807) is 23.6 Å². The van der Waals surface area contributed by atoms with Crippen molar-refractivity contribution in [3.63, 3.8) is 0 Å². The minimum Gasteiger partial charge on any atom is -0.388 e. The smallest absolute Gasteiger partial charge is 0.200 e. The predicted octanol–water partition coefficient (Wildman–Crippen LogP) is 5.29. The highest BCUT2D eigenvalue weighted by molar-refractivity contribution is 7.15. The molecule has 0 amide bonds. The molecule has 1 atom stereocenters. The summed E-state index contributed by atoms with van der Waals surface area (Å²) >= 11 is 8.44. The lowest BCUT2D eigenvalue weighted by molar-refractivity contribution is 0.101. The molecule has 3 aromatic rings. The summed E-state index contributed by atoms with van der Waals surface area (Å²) in [6.07, 6.45) is 6.10. The summed E-state index contributed by atoms with van der Waals surface area (Å²) in [5.41, 5.74) is 2.75. The average Bonchev–Trinajstić information content (AvgIpc) is 3.41. The number of aryl methyl sites for hydroxylation is 1. The van der Waals surface area contributed by atoms with Crippen molar-refractivity contribution in [1.29, 1.82) is 0 Å². The van der Waals surface area contributed by atoms with Gasteiger partial charge < -0.3 is 9.67 Å². The van der Waals surface area contributed by atoms with Crippen molar-refractivity contribution in [1.82, 2.24) is 4.57 Å². The zero-order chi connectivity index (χ0) is 19.6. The lowest BCUT2D eigenvalue weighted by Crippen LogP contribution is -2.17. The molecule has 6 heteroatoms. The van der Waals surface area contributed by atoms with Crippen LogP contribution in [-0.4, -0.2) is 15.5 Å². The molecule has 0 spiro atoms. The maximum absolute atomic E-state index is 12.8. The zero-order valence-corrected chi connectivity index (χ0v) is 17.1. The van der Waals surface area contributed by atoms with Gasteiger partial charge in [0.15, 0.2) is 11.2 Å². The quantitative estimate of drug-likeness (QED) is 0.593. The maximum Gasteiger partial charge on any atom is 0.200 e. The monoisotopic (exact) mass is 413 g/mol. The number of aliphatic hydroxyl groups is 1. The first kappa shape index (κ1) is 18.1. The van der Waals surface area contributed by atoms with E-state index in [1.807, 2.05) is 10.6 Å². The van der Waals surface area contributed by atoms with Crippen molar-refractivity contribution in [3.05, 3.63) is 55.6 Å². The van der Waals surface area contributed by atoms with Crippen LogP contribution in [0.1, 0.15) is 65.6 Å². The zero-order valence-electron chi connectivity index (χ0n) is 15.5. The fourth-order valence-electron chi connectivity index (χ4n) is 4.16. The first-order valence-corrected chi connectivity index (χ1v) is 10.8. The molecule has 2 heterocycles. The van der Waals surface area contributed by atoms with E-state index in [1.165, 1.54) is 12.5 Å². The Morgan fingerprint density at radius 3 is 2.75 bits per heavy atom. The summed E-state index contributed by atoms with van der Waals surface area (Å²) in [5, 5.41) is 11.3. The minimum atomic E-state index is -0.399. The highest BCUT2D eigenvalue weighted by Crippen LogP contribution is 2.45. The molecule has 28 heavy (non-hydrogen) atoms. The number of carbonyl (C=O) groups excluding carboxylic acids is 1. The SMILES string of the molecule is CC(=O)c1cn(C2CC2)c2c(Cl)c(-c3cc4c(s3)C(O)CCC4)ccc2c1=O. The van der Waals surface area contributed by atoms with Gasteiger partial charge in [0.2, 0.25) is 0 Å². The molecule has 0 radical (unpaired) electrons. The van der Waals surface area contributed by atoms with Gasteiger partial charge >= 0.3 is 0 Å². The molecule has 5 rings (SSSR count). The normalized spacial score (nSPS) is 19.0. The van der Waals surface area contributed by atoms with Crippen LogP contribution in [-0.2, 0) is 6.42 Å². The second kappa shape index (κ2) is 6.55. The molecule has 1 aromatic carbocycles. The average molecular weight is 414 g/mol. The van der Waals surface area contributed by atoms with E-state index >= 15 is 0 Å². The number of thiophene rings is 1. The van der Waals surface area contributed by atoms with Gasteiger partial charge in [-0.3, -0.25) is 9.59 Å². The number of benzene rings is 1. The lowest BCUT2D eigenvalue weighted by atomic mass is 9.96. The van der Waals surface area contributed by atoms with Gasteiger partial charge in [-0.1, -0.05) is 17.7 Å². The fraction of sp³-hybridized carbons (Fsp3) is 0.364. The number of pyridine rings is 1. The van der Waals surface area contributed by atoms with E-state index in [-0.39, 0.29) is 22.8 Å². The van der Waals surface area contributed by atoms with Crippen molar-refractivity contribution < 1.29 is 9.90 Å². The number of aliphatic hydroxyl groups excluding tert-OH is 1. The van der Waals surface area contributed by atoms with Crippen LogP contribution in [0.4, 0.5) is 0 Å². The van der Waals surface area contributed by atoms with Crippen LogP contribution in [0, 0.1) is 0 Å². The summed E-state index contributed by atoms with van der Waals surface area (Å²) in [6, 6.07) is 6.07. The first-order valence-electron chi connectivity index (χ1n) is 9.65. The third kappa shape index (κ3) is 2.76. The molecule has 144 valence electrons. The van der Waals surface area contributed by atoms with Gasteiger partial charge in [-0.25, -0.2) is 0 Å². The van der Waals surface area contributed by atoms with Gasteiger partial charge in [0.25, 0.3) is 0 Å². The van der Waals surface area contributed by atoms with Crippen LogP contribution < -0.4 is 5.43 Å². The number of fused-ring (bicyclic) bond motifs is 2. The van der Waals surface area contributed by atoms with E-state index in [4.69, 9.17) is 11.6 Å². The van der Waals surface area contributed by atoms with Crippen LogP contribution in [0.5, 0.6) is 0 Å². The first-order chi connectivity index (χ1) is 13.5. The Balaban J connectivity index is 1.76. The van der Waals surface area contributed by atoms with Crippen LogP contribution in [0.3, 0.4) is 0 Å². The van der Waals surface area contributed by atoms with E-state index < -0.39 is 6.10 Å². The Morgan fingerprint density at radius 2 is 2.07 bits per heavy atom. The molecular formula is C22H20ClNO3S. The summed E-state index contributed by atoms with van der Waals surface area (Å²) in [4.78, 5) is 26.8. The molecule has 1 fully saturated rings. The number of Topliss-reactive ketones (excluding diaryl/α,β-unsaturated/α-hetero) is 1. The lowest BCUT2D eigenvalue weighted by Gasteiger charge is -2.16. The standard InChI is InChI=1S/C22H20ClNO3S/c1-11(25)16-10-24(13-5-6-13)20-15(21(16)27)8-7-14(19(20)23)18-9-12-3-2-4-17(26)22(12)28-18/h7-10,13,17,26H,2-6H2,1H3. The highest BCUT2D eigenvalue weighted by atomic mass is 35.5. The van der Waals surface area contributed by atoms with Crippen LogP contribution in [0.2, 0.25) is 5.02 Å². The van der Waals surface area contributed by atoms with Crippen molar-refractivity contribution in [2.24, 2.45) is 0 Å². The van der Waals surface area contributed by atoms with Crippen molar-refractivity contribution in [2.75, 3.05) is 0 Å². The number of nitrogens with zero attached hydrogens (tertiary/aromatic N) is 1. The number of halogens is 1. The Labute approximate surface area is 171 Å². The third-order valence-corrected chi connectivity index (χ3v) is 7.48. The summed E-state index contributed by atoms with van der Waals surface area (Å²) in [7, 11) is 0. The molecule has 1 unspecified atom stereocenters. The van der Waals surface area contributed by atoms with Crippen molar-refractivity contribution in [3.8, 4) is 10.4 Å². The summed E-state index contributed by atoms with van der Waals surface area (Å²) in [6.45, 7) is 1.43. The molecule has 4 nitrogen and oxygen atoms in total. The summed E-state index contributed by atoms with van der Waals surface area (Å²) in [5.74, 6) is -0.221. The predicted molar refractivity (Wildman–Crippen MR) is 113 cm³/mol. The minimum absolute atomic E-state index is 0.220. The van der Waals surface area contributed by atoms with Gasteiger partial charge in [-0.15, -0.1) is 11.3 Å². The molecule has 2 aliphatic carbocycles. The van der Waals surface area contributed by atoms with Crippen molar-refractivity contribution >= 4 is 39.6 Å². The van der Waals surface area contributed by atoms with Crippen LogP contribution in [0.25, 0.3) is 21.3 Å². The number of carbonyl (C=O) groups is 1. The topological polar surface area (TPSA) is 59.3 Å². The molecule has 0 aliphatic heterocycles. The van der Waals surface area contributed by atoms with Gasteiger partial charge in [0, 0.05) is 32.9 Å². The molecule has 0 bridgehead atoms. The number of aromatic nitrogens is 1. The number of rotatable bonds is 3. The molecule has 2 aliphatic rings. The number of hydrogen-bond donors (Lipinski definition) is 1. The Hall–Kier alpha value is -1.95. The van der Waals surface area contributed by atoms with Crippen LogP contribution in [0.15, 0.2) is 29.2 Å².